The van der Waals surface area contributed by atoms with Crippen molar-refractivity contribution < 1.29 is 0 Å². The molecule has 4 rings (SSSR count). The molecule has 0 radical (unpaired) electrons. The molecule has 0 saturated carbocycles. The van der Waals surface area contributed by atoms with Gasteiger partial charge in [0, 0.05) is 44.6 Å². The van der Waals surface area contributed by atoms with Crippen LogP contribution in [0.5, 0.6) is 0 Å². The van der Waals surface area contributed by atoms with Gasteiger partial charge in [0.15, 0.2) is 0 Å². The summed E-state index contributed by atoms with van der Waals surface area (Å²) < 4.78 is 1.83. The van der Waals surface area contributed by atoms with E-state index in [1.165, 1.54) is 5.56 Å². The van der Waals surface area contributed by atoms with Gasteiger partial charge in [0.05, 0.1) is 17.6 Å². The third-order valence-electron chi connectivity index (χ3n) is 4.35. The van der Waals surface area contributed by atoms with Gasteiger partial charge in [-0.2, -0.15) is 0 Å². The topological polar surface area (TPSA) is 58.9 Å². The molecule has 0 aliphatic carbocycles. The molecule has 122 valence electrons. The molecular formula is C18H20N6. The number of para-hydroxylation sites is 1. The van der Waals surface area contributed by atoms with Crippen molar-refractivity contribution in [3.8, 4) is 5.69 Å². The van der Waals surface area contributed by atoms with E-state index in [9.17, 15) is 0 Å². The summed E-state index contributed by atoms with van der Waals surface area (Å²) >= 11 is 0. The van der Waals surface area contributed by atoms with Crippen molar-refractivity contribution in [1.29, 1.82) is 0 Å². The number of benzene rings is 1. The van der Waals surface area contributed by atoms with Crippen molar-refractivity contribution in [3.05, 3.63) is 72.3 Å². The van der Waals surface area contributed by atoms with Crippen LogP contribution in [-0.2, 0) is 6.54 Å². The number of aromatic nitrogens is 4. The van der Waals surface area contributed by atoms with Crippen LogP contribution < -0.4 is 5.32 Å². The van der Waals surface area contributed by atoms with Crippen molar-refractivity contribution in [3.63, 3.8) is 0 Å². The van der Waals surface area contributed by atoms with E-state index in [1.807, 2.05) is 59.7 Å². The van der Waals surface area contributed by atoms with E-state index in [-0.39, 0.29) is 0 Å². The van der Waals surface area contributed by atoms with Crippen LogP contribution in [0.15, 0.2) is 61.1 Å². The van der Waals surface area contributed by atoms with Gasteiger partial charge in [-0.3, -0.25) is 9.88 Å². The van der Waals surface area contributed by atoms with Gasteiger partial charge in [-0.1, -0.05) is 29.5 Å². The zero-order valence-corrected chi connectivity index (χ0v) is 13.4. The van der Waals surface area contributed by atoms with Crippen LogP contribution in [0, 0.1) is 0 Å². The van der Waals surface area contributed by atoms with E-state index < -0.39 is 0 Å². The molecule has 1 atom stereocenters. The van der Waals surface area contributed by atoms with Gasteiger partial charge < -0.3 is 5.32 Å². The van der Waals surface area contributed by atoms with Crippen molar-refractivity contribution in [1.82, 2.24) is 30.2 Å². The molecule has 0 spiro atoms. The lowest BCUT2D eigenvalue weighted by atomic mass is 10.1. The lowest BCUT2D eigenvalue weighted by molar-refractivity contribution is 0.151. The van der Waals surface area contributed by atoms with Gasteiger partial charge in [-0.15, -0.1) is 5.10 Å². The second-order valence-corrected chi connectivity index (χ2v) is 5.97. The van der Waals surface area contributed by atoms with Crippen LogP contribution in [0.3, 0.4) is 0 Å². The molecule has 3 heterocycles. The largest absolute Gasteiger partial charge is 0.314 e. The zero-order chi connectivity index (χ0) is 16.2. The smallest absolute Gasteiger partial charge is 0.0972 e. The molecule has 24 heavy (non-hydrogen) atoms. The third kappa shape index (κ3) is 3.20. The van der Waals surface area contributed by atoms with E-state index >= 15 is 0 Å². The molecule has 1 fully saturated rings. The van der Waals surface area contributed by atoms with Crippen molar-refractivity contribution >= 4 is 0 Å². The average Bonchev–Trinajstić information content (AvgIpc) is 3.12. The molecule has 0 amide bonds. The Balaban J connectivity index is 1.52. The fourth-order valence-corrected chi connectivity index (χ4v) is 3.12. The summed E-state index contributed by atoms with van der Waals surface area (Å²) in [5.74, 6) is 0. The highest BCUT2D eigenvalue weighted by Crippen LogP contribution is 2.23. The highest BCUT2D eigenvalue weighted by Gasteiger charge is 2.24. The molecule has 1 aromatic carbocycles. The van der Waals surface area contributed by atoms with Crippen molar-refractivity contribution in [2.24, 2.45) is 0 Å². The quantitative estimate of drug-likeness (QED) is 0.794. The number of nitrogens with zero attached hydrogens (tertiary/aromatic N) is 5. The number of hydrogen-bond acceptors (Lipinski definition) is 5. The van der Waals surface area contributed by atoms with Gasteiger partial charge in [0.25, 0.3) is 0 Å². The fraction of sp³-hybridized carbons (Fsp3) is 0.278. The van der Waals surface area contributed by atoms with Gasteiger partial charge in [0.1, 0.15) is 0 Å². The Morgan fingerprint density at radius 1 is 1.12 bits per heavy atom. The minimum atomic E-state index is 0.314. The SMILES string of the molecule is c1ccc(-n2cc(CN3CCNCC3c3cccnc3)nn2)cc1. The van der Waals surface area contributed by atoms with Crippen molar-refractivity contribution in [2.75, 3.05) is 19.6 Å². The summed E-state index contributed by atoms with van der Waals surface area (Å²) in [4.78, 5) is 6.70. The maximum atomic E-state index is 4.35. The van der Waals surface area contributed by atoms with E-state index in [4.69, 9.17) is 0 Å². The maximum Gasteiger partial charge on any atom is 0.0972 e. The lowest BCUT2D eigenvalue weighted by Crippen LogP contribution is -2.45. The first-order chi connectivity index (χ1) is 11.9. The molecule has 1 aliphatic heterocycles. The molecule has 1 N–H and O–H groups in total. The number of nitrogens with one attached hydrogen (secondary N) is 1. The van der Waals surface area contributed by atoms with Crippen LogP contribution in [0.2, 0.25) is 0 Å². The predicted octanol–water partition coefficient (Wildman–Crippen LogP) is 1.81. The van der Waals surface area contributed by atoms with Gasteiger partial charge in [-0.25, -0.2) is 4.68 Å². The Bertz CT molecular complexity index is 770. The van der Waals surface area contributed by atoms with Gasteiger partial charge >= 0.3 is 0 Å². The van der Waals surface area contributed by atoms with E-state index in [0.29, 0.717) is 6.04 Å². The monoisotopic (exact) mass is 320 g/mol. The first-order valence-corrected chi connectivity index (χ1v) is 8.21. The molecule has 6 heteroatoms. The fourth-order valence-electron chi connectivity index (χ4n) is 3.12. The molecule has 1 aliphatic rings. The highest BCUT2D eigenvalue weighted by molar-refractivity contribution is 5.30. The summed E-state index contributed by atoms with van der Waals surface area (Å²) in [5, 5.41) is 12.1. The van der Waals surface area contributed by atoms with Crippen molar-refractivity contribution in [2.45, 2.75) is 12.6 Å². The second kappa shape index (κ2) is 6.90. The van der Waals surface area contributed by atoms with Crippen LogP contribution in [0.1, 0.15) is 17.3 Å². The summed E-state index contributed by atoms with van der Waals surface area (Å²) in [6.07, 6.45) is 5.78. The van der Waals surface area contributed by atoms with E-state index in [1.54, 1.807) is 0 Å². The summed E-state index contributed by atoms with van der Waals surface area (Å²) in [6.45, 7) is 3.69. The van der Waals surface area contributed by atoms with E-state index in [0.717, 1.165) is 37.6 Å². The summed E-state index contributed by atoms with van der Waals surface area (Å²) in [7, 11) is 0. The Labute approximate surface area is 141 Å². The second-order valence-electron chi connectivity index (χ2n) is 5.97. The summed E-state index contributed by atoms with van der Waals surface area (Å²) in [6, 6.07) is 14.5. The zero-order valence-electron chi connectivity index (χ0n) is 13.4. The number of rotatable bonds is 4. The predicted molar refractivity (Wildman–Crippen MR) is 91.6 cm³/mol. The Hall–Kier alpha value is -2.57. The molecule has 6 nitrogen and oxygen atoms in total. The highest BCUT2D eigenvalue weighted by atomic mass is 15.4. The number of pyridine rings is 1. The van der Waals surface area contributed by atoms with Crippen LogP contribution in [0.4, 0.5) is 0 Å². The molecule has 1 unspecified atom stereocenters. The normalized spacial score (nSPS) is 18.6. The lowest BCUT2D eigenvalue weighted by Gasteiger charge is -2.35. The minimum absolute atomic E-state index is 0.314. The third-order valence-corrected chi connectivity index (χ3v) is 4.35. The molecule has 0 bridgehead atoms. The average molecular weight is 320 g/mol. The number of piperazine rings is 1. The van der Waals surface area contributed by atoms with Crippen LogP contribution in [0.25, 0.3) is 5.69 Å². The standard InChI is InChI=1S/C18H20N6/c1-2-6-17(7-3-1)24-14-16(21-22-24)13-23-10-9-20-12-18(23)15-5-4-8-19-11-15/h1-8,11,14,18,20H,9-10,12-13H2. The van der Waals surface area contributed by atoms with Gasteiger partial charge in [0.2, 0.25) is 0 Å². The molecule has 2 aromatic heterocycles. The molecule has 3 aromatic rings. The number of hydrogen-bond donors (Lipinski definition) is 1. The van der Waals surface area contributed by atoms with E-state index in [2.05, 4.69) is 31.6 Å². The first kappa shape index (κ1) is 15.0. The van der Waals surface area contributed by atoms with Crippen LogP contribution in [-0.4, -0.2) is 44.5 Å². The molecule has 1 saturated heterocycles. The Kier molecular flexibility index (Phi) is 4.31. The summed E-state index contributed by atoms with van der Waals surface area (Å²) in [5.41, 5.74) is 3.25. The van der Waals surface area contributed by atoms with Crippen LogP contribution >= 0.6 is 0 Å². The minimum Gasteiger partial charge on any atom is -0.314 e. The molecular weight excluding hydrogens is 300 g/mol. The Morgan fingerprint density at radius 2 is 2.04 bits per heavy atom. The van der Waals surface area contributed by atoms with Gasteiger partial charge in [-0.05, 0) is 23.8 Å². The first-order valence-electron chi connectivity index (χ1n) is 8.21. The maximum absolute atomic E-state index is 4.35. The Morgan fingerprint density at radius 3 is 2.88 bits per heavy atom.